The number of unbranched alkanes of at least 4 members (excludes halogenated alkanes) is 2. The maximum atomic E-state index is 5.97. The van der Waals surface area contributed by atoms with E-state index in [0.29, 0.717) is 38.3 Å². The highest BCUT2D eigenvalue weighted by Crippen LogP contribution is 2.52. The normalized spacial score (nSPS) is 15.3. The number of aryl methyl sites for hydroxylation is 2. The Morgan fingerprint density at radius 1 is 0.446 bits per heavy atom. The van der Waals surface area contributed by atoms with Gasteiger partial charge in [-0.25, -0.2) is 0 Å². The number of nitrogens with zero attached hydrogens (tertiary/aromatic N) is 2. The van der Waals surface area contributed by atoms with E-state index in [9.17, 15) is 0 Å². The van der Waals surface area contributed by atoms with Crippen LogP contribution >= 0.6 is 22.7 Å². The van der Waals surface area contributed by atoms with Crippen molar-refractivity contribution in [3.63, 3.8) is 0 Å². The van der Waals surface area contributed by atoms with Crippen molar-refractivity contribution >= 4 is 97.1 Å². The molecule has 0 amide bonds. The molecule has 0 aliphatic carbocycles. The van der Waals surface area contributed by atoms with Crippen LogP contribution in [0.5, 0.6) is 0 Å². The van der Waals surface area contributed by atoms with Gasteiger partial charge in [-0.3, -0.25) is 0 Å². The fraction of sp³-hybridized carbons (Fsp3) is 0.364. The Labute approximate surface area is 446 Å². The Hall–Kier alpha value is -5.58. The van der Waals surface area contributed by atoms with E-state index in [1.54, 1.807) is 0 Å². The van der Waals surface area contributed by atoms with Gasteiger partial charge in [0.2, 0.25) is 0 Å². The minimum absolute atomic E-state index is 0.326. The molecule has 2 aromatic heterocycles. The zero-order valence-corrected chi connectivity index (χ0v) is 45.5. The Kier molecular flexibility index (Phi) is 16.1. The number of hydrogen-bond donors (Lipinski definition) is 0. The molecule has 7 aromatic carbocycles. The van der Waals surface area contributed by atoms with Gasteiger partial charge in [-0.15, -0.1) is 22.7 Å². The number of rotatable bonds is 22. The second-order valence-electron chi connectivity index (χ2n) is 20.5. The summed E-state index contributed by atoms with van der Waals surface area (Å²) in [7, 11) is 0. The lowest BCUT2D eigenvalue weighted by atomic mass is 9.88. The minimum Gasteiger partial charge on any atom is -0.346 e. The van der Waals surface area contributed by atoms with E-state index in [0.717, 1.165) is 35.3 Å². The number of benzene rings is 7. The van der Waals surface area contributed by atoms with E-state index >= 15 is 0 Å². The lowest BCUT2D eigenvalue weighted by Gasteiger charge is -2.25. The van der Waals surface area contributed by atoms with Gasteiger partial charge in [0, 0.05) is 42.7 Å². The van der Waals surface area contributed by atoms with Gasteiger partial charge in [0.25, 0.3) is 0 Å². The van der Waals surface area contributed by atoms with Gasteiger partial charge in [-0.2, -0.15) is 0 Å². The third-order valence-electron chi connectivity index (χ3n) is 15.9. The average molecular weight is 1020 g/mol. The summed E-state index contributed by atoms with van der Waals surface area (Å²) in [4.78, 5) is 5.06. The van der Waals surface area contributed by atoms with Crippen LogP contribution in [-0.4, -0.2) is 26.4 Å². The molecule has 2 fully saturated rings. The SMILES string of the molecule is CCCCC(CC)CCc1c2cc(N(c3ccc(C4OCCO4)cc3)c3cccc4ccccc34)sc2c(CCC(CC)CCCC)c2cc(N(c3ccc(C4OCCO4)cc3)c3cccc4ccccc34)sc12. The third kappa shape index (κ3) is 10.5. The van der Waals surface area contributed by atoms with Crippen molar-refractivity contribution in [2.45, 2.75) is 117 Å². The van der Waals surface area contributed by atoms with Crippen LogP contribution in [0.1, 0.15) is 127 Å². The zero-order valence-electron chi connectivity index (χ0n) is 43.8. The first-order chi connectivity index (χ1) is 36.5. The van der Waals surface area contributed by atoms with E-state index in [4.69, 9.17) is 18.9 Å². The lowest BCUT2D eigenvalue weighted by Crippen LogP contribution is -2.09. The summed E-state index contributed by atoms with van der Waals surface area (Å²) in [5.41, 5.74) is 9.71. The molecule has 8 heteroatoms. The van der Waals surface area contributed by atoms with Gasteiger partial charge >= 0.3 is 0 Å². The smallest absolute Gasteiger partial charge is 0.184 e. The van der Waals surface area contributed by atoms with Crippen molar-refractivity contribution in [2.24, 2.45) is 11.8 Å². The molecule has 0 N–H and O–H groups in total. The standard InChI is InChI=1S/C66H72N2O4S2/c1-5-9-17-45(7-3)27-37-55-57-43-61(67(59-25-15-21-47-19-11-13-23-53(47)59)51-33-29-49(30-34-51)65-69-39-40-70-65)74-64(57)56(38-28-46(8-4)18-10-6-2)58-44-62(73-63(55)58)68(60-26-16-22-48-20-12-14-24-54(48)60)52-35-31-50(32-36-52)66-71-41-42-72-66/h11-16,19-26,29-36,43-46,65-66H,5-10,17-18,27-28,37-42H2,1-4H3. The van der Waals surface area contributed by atoms with E-state index in [2.05, 4.69) is 183 Å². The second-order valence-corrected chi connectivity index (χ2v) is 22.6. The van der Waals surface area contributed by atoms with Crippen LogP contribution in [0.2, 0.25) is 0 Å². The van der Waals surface area contributed by atoms with Gasteiger partial charge in [-0.05, 0) is 119 Å². The molecule has 0 spiro atoms. The molecule has 382 valence electrons. The largest absolute Gasteiger partial charge is 0.346 e. The first-order valence-corrected chi connectivity index (χ1v) is 29.4. The van der Waals surface area contributed by atoms with Crippen LogP contribution < -0.4 is 9.80 Å². The van der Waals surface area contributed by atoms with E-state index in [-0.39, 0.29) is 12.6 Å². The van der Waals surface area contributed by atoms with Crippen LogP contribution in [-0.2, 0) is 31.8 Å². The van der Waals surface area contributed by atoms with Crippen molar-refractivity contribution in [3.8, 4) is 0 Å². The highest BCUT2D eigenvalue weighted by Gasteiger charge is 2.28. The van der Waals surface area contributed by atoms with Crippen LogP contribution in [0, 0.1) is 11.8 Å². The maximum absolute atomic E-state index is 5.97. The van der Waals surface area contributed by atoms with E-state index in [1.807, 2.05) is 22.7 Å². The van der Waals surface area contributed by atoms with Crippen molar-refractivity contribution in [1.29, 1.82) is 0 Å². The molecule has 4 heterocycles. The van der Waals surface area contributed by atoms with E-state index < -0.39 is 0 Å². The van der Waals surface area contributed by atoms with Crippen LogP contribution in [0.25, 0.3) is 41.7 Å². The molecule has 2 unspecified atom stereocenters. The summed E-state index contributed by atoms with van der Waals surface area (Å²) in [6, 6.07) is 54.2. The van der Waals surface area contributed by atoms with Gasteiger partial charge in [-0.1, -0.05) is 176 Å². The first-order valence-electron chi connectivity index (χ1n) is 27.8. The highest BCUT2D eigenvalue weighted by atomic mass is 32.1. The monoisotopic (exact) mass is 1020 g/mol. The summed E-state index contributed by atoms with van der Waals surface area (Å²) in [5, 5.41) is 10.2. The van der Waals surface area contributed by atoms with Crippen LogP contribution in [0.3, 0.4) is 0 Å². The molecular formula is C66H72N2O4S2. The van der Waals surface area contributed by atoms with Crippen molar-refractivity contribution in [1.82, 2.24) is 0 Å². The minimum atomic E-state index is -0.326. The summed E-state index contributed by atoms with van der Waals surface area (Å²) in [6.07, 6.45) is 13.8. The Balaban J connectivity index is 1.14. The first kappa shape index (κ1) is 50.6. The van der Waals surface area contributed by atoms with Crippen LogP contribution in [0.4, 0.5) is 32.8 Å². The lowest BCUT2D eigenvalue weighted by molar-refractivity contribution is -0.0443. The van der Waals surface area contributed by atoms with E-state index in [1.165, 1.54) is 138 Å². The van der Waals surface area contributed by atoms with Gasteiger partial charge < -0.3 is 28.7 Å². The van der Waals surface area contributed by atoms with Crippen LogP contribution in [0.15, 0.2) is 146 Å². The Bertz CT molecular complexity index is 3010. The Morgan fingerprint density at radius 2 is 0.838 bits per heavy atom. The molecule has 6 nitrogen and oxygen atoms in total. The highest BCUT2D eigenvalue weighted by molar-refractivity contribution is 7.25. The number of ether oxygens (including phenoxy) is 4. The number of thiophene rings is 2. The molecule has 11 rings (SSSR count). The fourth-order valence-electron chi connectivity index (χ4n) is 11.6. The van der Waals surface area contributed by atoms with Crippen molar-refractivity contribution in [3.05, 3.63) is 168 Å². The molecule has 2 aliphatic heterocycles. The molecule has 2 atom stereocenters. The summed E-state index contributed by atoms with van der Waals surface area (Å²) in [5.74, 6) is 1.36. The number of fused-ring (bicyclic) bond motifs is 4. The predicted molar refractivity (Wildman–Crippen MR) is 314 cm³/mol. The fourth-order valence-corrected chi connectivity index (χ4v) is 14.3. The zero-order chi connectivity index (χ0) is 50.4. The third-order valence-corrected chi connectivity index (χ3v) is 18.2. The molecule has 0 bridgehead atoms. The summed E-state index contributed by atoms with van der Waals surface area (Å²) in [6.45, 7) is 12.0. The molecule has 0 saturated carbocycles. The Morgan fingerprint density at radius 3 is 1.23 bits per heavy atom. The molecule has 2 aliphatic rings. The molecule has 2 saturated heterocycles. The maximum Gasteiger partial charge on any atom is 0.184 e. The second kappa shape index (κ2) is 23.5. The topological polar surface area (TPSA) is 43.4 Å². The molecule has 74 heavy (non-hydrogen) atoms. The molecule has 0 radical (unpaired) electrons. The quantitative estimate of drug-likeness (QED) is 0.0674. The predicted octanol–water partition coefficient (Wildman–Crippen LogP) is 19.8. The molecule has 9 aromatic rings. The summed E-state index contributed by atoms with van der Waals surface area (Å²) >= 11 is 3.98. The number of anilines is 6. The number of hydrogen-bond acceptors (Lipinski definition) is 8. The van der Waals surface area contributed by atoms with Gasteiger partial charge in [0.1, 0.15) is 10.0 Å². The van der Waals surface area contributed by atoms with Gasteiger partial charge in [0.05, 0.1) is 37.8 Å². The average Bonchev–Trinajstić information content (AvgIpc) is 4.32. The molecular weight excluding hydrogens is 949 g/mol. The van der Waals surface area contributed by atoms with Crippen molar-refractivity contribution in [2.75, 3.05) is 36.2 Å². The summed E-state index contributed by atoms with van der Waals surface area (Å²) < 4.78 is 26.8. The van der Waals surface area contributed by atoms with Crippen molar-refractivity contribution < 1.29 is 18.9 Å². The van der Waals surface area contributed by atoms with Gasteiger partial charge in [0.15, 0.2) is 12.6 Å².